The van der Waals surface area contributed by atoms with Crippen molar-refractivity contribution in [3.63, 3.8) is 0 Å². The quantitative estimate of drug-likeness (QED) is 0.642. The summed E-state index contributed by atoms with van der Waals surface area (Å²) in [6.07, 6.45) is -5.21. The fraction of sp³-hybridized carbons (Fsp3) is 0.647. The molecule has 0 spiro atoms. The number of ether oxygens (including phenoxy) is 2. The van der Waals surface area contributed by atoms with Crippen LogP contribution in [0.5, 0.6) is 0 Å². The molecule has 6 heteroatoms. The molecule has 1 saturated heterocycles. The summed E-state index contributed by atoms with van der Waals surface area (Å²) in [6, 6.07) is 7.66. The summed E-state index contributed by atoms with van der Waals surface area (Å²) < 4.78 is 11.2. The SMILES string of the molecule is CC(C)(C)c1ccc(C2O[C@H]([C@H](O)CO)[C@H](O)[C@H](CO)O2)cc1. The van der Waals surface area contributed by atoms with Gasteiger partial charge in [-0.3, -0.25) is 0 Å². The van der Waals surface area contributed by atoms with Gasteiger partial charge in [-0.25, -0.2) is 0 Å². The van der Waals surface area contributed by atoms with Crippen LogP contribution in [0.3, 0.4) is 0 Å². The van der Waals surface area contributed by atoms with Gasteiger partial charge in [-0.05, 0) is 11.0 Å². The molecule has 5 atom stereocenters. The van der Waals surface area contributed by atoms with Crippen LogP contribution in [-0.2, 0) is 14.9 Å². The number of hydrogen-bond donors (Lipinski definition) is 4. The Labute approximate surface area is 136 Å². The largest absolute Gasteiger partial charge is 0.394 e. The molecule has 0 aromatic heterocycles. The molecule has 0 radical (unpaired) electrons. The van der Waals surface area contributed by atoms with E-state index in [4.69, 9.17) is 14.6 Å². The molecule has 1 unspecified atom stereocenters. The summed E-state index contributed by atoms with van der Waals surface area (Å²) in [4.78, 5) is 0. The van der Waals surface area contributed by atoms with Crippen LogP contribution in [0.2, 0.25) is 0 Å². The first-order valence-corrected chi connectivity index (χ1v) is 7.77. The van der Waals surface area contributed by atoms with E-state index >= 15 is 0 Å². The lowest BCUT2D eigenvalue weighted by Gasteiger charge is -2.40. The summed E-state index contributed by atoms with van der Waals surface area (Å²) in [5.74, 6) is 0. The van der Waals surface area contributed by atoms with Crippen molar-refractivity contribution in [2.24, 2.45) is 0 Å². The first-order valence-electron chi connectivity index (χ1n) is 7.77. The average molecular weight is 326 g/mol. The average Bonchev–Trinajstić information content (AvgIpc) is 2.53. The Hall–Kier alpha value is -1.02. The Balaban J connectivity index is 2.21. The fourth-order valence-corrected chi connectivity index (χ4v) is 2.58. The minimum absolute atomic E-state index is 0.0201. The van der Waals surface area contributed by atoms with E-state index in [0.717, 1.165) is 11.1 Å². The van der Waals surface area contributed by atoms with E-state index < -0.39 is 43.9 Å². The van der Waals surface area contributed by atoms with Gasteiger partial charge in [0.05, 0.1) is 13.2 Å². The maximum atomic E-state index is 10.1. The summed E-state index contributed by atoms with van der Waals surface area (Å²) in [6.45, 7) is 5.38. The molecular weight excluding hydrogens is 300 g/mol. The highest BCUT2D eigenvalue weighted by atomic mass is 16.7. The molecule has 6 nitrogen and oxygen atoms in total. The maximum absolute atomic E-state index is 10.1. The zero-order valence-corrected chi connectivity index (χ0v) is 13.7. The van der Waals surface area contributed by atoms with E-state index in [2.05, 4.69) is 20.8 Å². The van der Waals surface area contributed by atoms with Gasteiger partial charge < -0.3 is 29.9 Å². The topological polar surface area (TPSA) is 99.4 Å². The van der Waals surface area contributed by atoms with E-state index in [9.17, 15) is 15.3 Å². The summed E-state index contributed by atoms with van der Waals surface area (Å²) in [7, 11) is 0. The minimum Gasteiger partial charge on any atom is -0.394 e. The van der Waals surface area contributed by atoms with Gasteiger partial charge in [-0.1, -0.05) is 45.0 Å². The molecule has 130 valence electrons. The Kier molecular flexibility index (Phi) is 5.78. The van der Waals surface area contributed by atoms with Gasteiger partial charge in [0.15, 0.2) is 6.29 Å². The van der Waals surface area contributed by atoms with Crippen molar-refractivity contribution in [3.05, 3.63) is 35.4 Å². The summed E-state index contributed by atoms with van der Waals surface area (Å²) in [5, 5.41) is 38.3. The van der Waals surface area contributed by atoms with Crippen molar-refractivity contribution in [2.75, 3.05) is 13.2 Å². The molecule has 1 heterocycles. The van der Waals surface area contributed by atoms with Crippen LogP contribution in [0.15, 0.2) is 24.3 Å². The molecule has 1 fully saturated rings. The van der Waals surface area contributed by atoms with Gasteiger partial charge in [0.1, 0.15) is 24.4 Å². The molecule has 0 bridgehead atoms. The third-order valence-electron chi connectivity index (χ3n) is 4.09. The van der Waals surface area contributed by atoms with Gasteiger partial charge in [0.2, 0.25) is 0 Å². The van der Waals surface area contributed by atoms with Crippen LogP contribution in [0.1, 0.15) is 38.2 Å². The highest BCUT2D eigenvalue weighted by molar-refractivity contribution is 5.28. The van der Waals surface area contributed by atoms with Gasteiger partial charge in [0.25, 0.3) is 0 Å². The molecule has 4 N–H and O–H groups in total. The van der Waals surface area contributed by atoms with Crippen LogP contribution in [0, 0.1) is 0 Å². The van der Waals surface area contributed by atoms with Crippen molar-refractivity contribution in [1.29, 1.82) is 0 Å². The second-order valence-electron chi connectivity index (χ2n) is 6.90. The number of aliphatic hydroxyl groups excluding tert-OH is 4. The Morgan fingerprint density at radius 3 is 2.17 bits per heavy atom. The van der Waals surface area contributed by atoms with E-state index in [1.165, 1.54) is 0 Å². The molecule has 1 aromatic carbocycles. The molecule has 2 rings (SSSR count). The highest BCUT2D eigenvalue weighted by Crippen LogP contribution is 2.32. The number of rotatable bonds is 4. The van der Waals surface area contributed by atoms with Crippen LogP contribution >= 0.6 is 0 Å². The number of aliphatic hydroxyl groups is 4. The van der Waals surface area contributed by atoms with Crippen LogP contribution in [0.4, 0.5) is 0 Å². The van der Waals surface area contributed by atoms with Crippen LogP contribution in [0.25, 0.3) is 0 Å². The van der Waals surface area contributed by atoms with Crippen molar-refractivity contribution >= 4 is 0 Å². The zero-order chi connectivity index (χ0) is 17.2. The predicted molar refractivity (Wildman–Crippen MR) is 83.8 cm³/mol. The predicted octanol–water partition coefficient (Wildman–Crippen LogP) is 0.473. The van der Waals surface area contributed by atoms with E-state index in [-0.39, 0.29) is 5.41 Å². The lowest BCUT2D eigenvalue weighted by atomic mass is 9.86. The Morgan fingerprint density at radius 2 is 1.70 bits per heavy atom. The van der Waals surface area contributed by atoms with Crippen LogP contribution < -0.4 is 0 Å². The smallest absolute Gasteiger partial charge is 0.184 e. The van der Waals surface area contributed by atoms with Gasteiger partial charge in [0, 0.05) is 5.56 Å². The van der Waals surface area contributed by atoms with Crippen molar-refractivity contribution in [2.45, 2.75) is 56.9 Å². The van der Waals surface area contributed by atoms with E-state index in [0.29, 0.717) is 0 Å². The minimum atomic E-state index is -1.25. The highest BCUT2D eigenvalue weighted by Gasteiger charge is 2.42. The molecule has 1 aromatic rings. The third-order valence-corrected chi connectivity index (χ3v) is 4.09. The Morgan fingerprint density at radius 1 is 1.09 bits per heavy atom. The standard InChI is InChI=1S/C17H26O6/c1-17(2,3)11-6-4-10(5-7-11)16-22-13(9-19)14(21)15(23-16)12(20)8-18/h4-7,12-16,18-21H,8-9H2,1-3H3/t12-,13+,14-,15-,16?/m1/s1. The van der Waals surface area contributed by atoms with Gasteiger partial charge in [-0.2, -0.15) is 0 Å². The van der Waals surface area contributed by atoms with Crippen molar-refractivity contribution < 1.29 is 29.9 Å². The van der Waals surface area contributed by atoms with Gasteiger partial charge >= 0.3 is 0 Å². The molecule has 0 amide bonds. The first kappa shape index (κ1) is 18.3. The number of hydrogen-bond acceptors (Lipinski definition) is 6. The summed E-state index contributed by atoms with van der Waals surface area (Å²) in [5.41, 5.74) is 1.90. The lowest BCUT2D eigenvalue weighted by Crippen LogP contribution is -2.54. The summed E-state index contributed by atoms with van der Waals surface area (Å²) >= 11 is 0. The van der Waals surface area contributed by atoms with Gasteiger partial charge in [-0.15, -0.1) is 0 Å². The van der Waals surface area contributed by atoms with Crippen LogP contribution in [-0.4, -0.2) is 58.1 Å². The molecule has 23 heavy (non-hydrogen) atoms. The van der Waals surface area contributed by atoms with Crippen molar-refractivity contribution in [1.82, 2.24) is 0 Å². The lowest BCUT2D eigenvalue weighted by molar-refractivity contribution is -0.310. The third kappa shape index (κ3) is 4.09. The second kappa shape index (κ2) is 7.25. The molecule has 0 aliphatic carbocycles. The van der Waals surface area contributed by atoms with Crippen molar-refractivity contribution in [3.8, 4) is 0 Å². The van der Waals surface area contributed by atoms with E-state index in [1.54, 1.807) is 0 Å². The molecule has 1 aliphatic rings. The molecular formula is C17H26O6. The first-order chi connectivity index (χ1) is 10.8. The normalized spacial score (nSPS) is 30.2. The van der Waals surface area contributed by atoms with E-state index in [1.807, 2.05) is 24.3 Å². The Bertz CT molecular complexity index is 495. The second-order valence-corrected chi connectivity index (χ2v) is 6.90. The molecule has 0 saturated carbocycles. The maximum Gasteiger partial charge on any atom is 0.184 e. The fourth-order valence-electron chi connectivity index (χ4n) is 2.58. The zero-order valence-electron chi connectivity index (χ0n) is 13.7. The monoisotopic (exact) mass is 326 g/mol. The molecule has 1 aliphatic heterocycles. The number of benzene rings is 1.